The molecule has 0 unspecified atom stereocenters. The van der Waals surface area contributed by atoms with Crippen LogP contribution in [0, 0.1) is 0 Å². The first kappa shape index (κ1) is 17.0. The second-order valence-corrected chi connectivity index (χ2v) is 6.36. The molecule has 25 heavy (non-hydrogen) atoms. The van der Waals surface area contributed by atoms with Crippen molar-refractivity contribution in [3.63, 3.8) is 0 Å². The first-order valence-electron chi connectivity index (χ1n) is 8.31. The second-order valence-electron chi connectivity index (χ2n) is 6.36. The van der Waals surface area contributed by atoms with Crippen molar-refractivity contribution in [3.05, 3.63) is 66.2 Å². The molecule has 0 amide bonds. The van der Waals surface area contributed by atoms with Crippen LogP contribution in [0.3, 0.4) is 0 Å². The van der Waals surface area contributed by atoms with Gasteiger partial charge in [-0.2, -0.15) is 0 Å². The van der Waals surface area contributed by atoms with E-state index < -0.39 is 23.6 Å². The van der Waals surface area contributed by atoms with Crippen LogP contribution in [0.4, 0.5) is 5.69 Å². The van der Waals surface area contributed by atoms with Crippen molar-refractivity contribution in [3.8, 4) is 0 Å². The van der Waals surface area contributed by atoms with Crippen LogP contribution in [0.2, 0.25) is 0 Å². The van der Waals surface area contributed by atoms with Gasteiger partial charge in [0.1, 0.15) is 6.10 Å². The molecule has 5 heteroatoms. The highest BCUT2D eigenvalue weighted by molar-refractivity contribution is 6.09. The average Bonchev–Trinajstić information content (AvgIpc) is 2.94. The number of rotatable bonds is 5. The largest absolute Gasteiger partial charge is 0.461 e. The number of ether oxygens (including phenoxy) is 2. The summed E-state index contributed by atoms with van der Waals surface area (Å²) in [6, 6.07) is 18.5. The normalized spacial score (nSPS) is 22.5. The van der Waals surface area contributed by atoms with Gasteiger partial charge in [-0.05, 0) is 31.5 Å². The van der Waals surface area contributed by atoms with Crippen molar-refractivity contribution >= 4 is 17.6 Å². The molecule has 0 aliphatic carbocycles. The fraction of sp³-hybridized carbons (Fsp3) is 0.300. The van der Waals surface area contributed by atoms with Crippen LogP contribution < -0.4 is 5.32 Å². The lowest BCUT2D eigenvalue weighted by molar-refractivity contribution is -0.159. The molecular formula is C20H21NO4. The number of esters is 2. The average molecular weight is 339 g/mol. The van der Waals surface area contributed by atoms with E-state index in [1.807, 2.05) is 48.5 Å². The van der Waals surface area contributed by atoms with Crippen LogP contribution in [0.5, 0.6) is 0 Å². The molecule has 2 aromatic rings. The van der Waals surface area contributed by atoms with E-state index in [1.54, 1.807) is 26.0 Å². The smallest absolute Gasteiger partial charge is 0.344 e. The van der Waals surface area contributed by atoms with E-state index in [9.17, 15) is 9.59 Å². The van der Waals surface area contributed by atoms with Crippen molar-refractivity contribution < 1.29 is 19.1 Å². The van der Waals surface area contributed by atoms with E-state index in [2.05, 4.69) is 5.32 Å². The first-order valence-corrected chi connectivity index (χ1v) is 8.31. The molecule has 5 nitrogen and oxygen atoms in total. The molecule has 2 aromatic carbocycles. The lowest BCUT2D eigenvalue weighted by atomic mass is 9.92. The molecule has 130 valence electrons. The van der Waals surface area contributed by atoms with E-state index in [0.717, 1.165) is 5.56 Å². The number of nitrogens with one attached hydrogen (secondary N) is 1. The Balaban J connectivity index is 1.93. The molecule has 1 aliphatic heterocycles. The van der Waals surface area contributed by atoms with Gasteiger partial charge in [-0.1, -0.05) is 48.5 Å². The minimum atomic E-state index is -1.55. The van der Waals surface area contributed by atoms with Crippen molar-refractivity contribution in [1.29, 1.82) is 0 Å². The zero-order valence-electron chi connectivity index (χ0n) is 14.3. The number of cyclic esters (lactones) is 1. The summed E-state index contributed by atoms with van der Waals surface area (Å²) in [4.78, 5) is 25.5. The third-order valence-corrected chi connectivity index (χ3v) is 4.08. The van der Waals surface area contributed by atoms with Crippen molar-refractivity contribution in [2.45, 2.75) is 38.0 Å². The Morgan fingerprint density at radius 3 is 2.32 bits per heavy atom. The van der Waals surface area contributed by atoms with Crippen LogP contribution >= 0.6 is 0 Å². The van der Waals surface area contributed by atoms with Crippen molar-refractivity contribution in [1.82, 2.24) is 0 Å². The summed E-state index contributed by atoms with van der Waals surface area (Å²) < 4.78 is 10.9. The Bertz CT molecular complexity index is 745. The Hall–Kier alpha value is -2.82. The van der Waals surface area contributed by atoms with Crippen molar-refractivity contribution in [2.24, 2.45) is 0 Å². The molecule has 0 spiro atoms. The summed E-state index contributed by atoms with van der Waals surface area (Å²) in [5.74, 6) is -1.23. The SMILES string of the molecule is CC(C)OC(=O)[C@]1(Nc2ccccc2)C[C@H](c2ccccc2)OC1=O. The number of carbonyl (C=O) groups excluding carboxylic acids is 2. The molecule has 1 N–H and O–H groups in total. The molecular weight excluding hydrogens is 318 g/mol. The third-order valence-electron chi connectivity index (χ3n) is 4.08. The molecule has 0 radical (unpaired) electrons. The summed E-state index contributed by atoms with van der Waals surface area (Å²) in [6.45, 7) is 3.51. The standard InChI is InChI=1S/C20H21NO4/c1-14(2)24-18(22)20(21-16-11-7-4-8-12-16)13-17(25-19(20)23)15-9-5-3-6-10-15/h3-12,14,17,21H,13H2,1-2H3/t17-,20-/m1/s1. The maximum absolute atomic E-state index is 12.8. The summed E-state index contributed by atoms with van der Waals surface area (Å²) in [5, 5.41) is 3.06. The zero-order chi connectivity index (χ0) is 17.9. The Morgan fingerprint density at radius 1 is 1.12 bits per heavy atom. The van der Waals surface area contributed by atoms with Crippen LogP contribution in [0.25, 0.3) is 0 Å². The topological polar surface area (TPSA) is 64.6 Å². The molecule has 1 aliphatic rings. The van der Waals surface area contributed by atoms with Crippen LogP contribution in [0.1, 0.15) is 31.9 Å². The highest BCUT2D eigenvalue weighted by Crippen LogP contribution is 2.39. The summed E-state index contributed by atoms with van der Waals surface area (Å²) in [6.07, 6.45) is -0.647. The zero-order valence-corrected chi connectivity index (χ0v) is 14.3. The summed E-state index contributed by atoms with van der Waals surface area (Å²) in [5.41, 5.74) is -0.0367. The molecule has 3 rings (SSSR count). The van der Waals surface area contributed by atoms with Gasteiger partial charge in [0.05, 0.1) is 6.10 Å². The van der Waals surface area contributed by atoms with Gasteiger partial charge in [0.15, 0.2) is 0 Å². The third kappa shape index (κ3) is 3.50. The van der Waals surface area contributed by atoms with Gasteiger partial charge in [-0.15, -0.1) is 0 Å². The van der Waals surface area contributed by atoms with Gasteiger partial charge >= 0.3 is 11.9 Å². The van der Waals surface area contributed by atoms with Crippen molar-refractivity contribution in [2.75, 3.05) is 5.32 Å². The predicted molar refractivity (Wildman–Crippen MR) is 93.9 cm³/mol. The highest BCUT2D eigenvalue weighted by atomic mass is 16.6. The van der Waals surface area contributed by atoms with Gasteiger partial charge in [0, 0.05) is 12.1 Å². The molecule has 1 fully saturated rings. The maximum Gasteiger partial charge on any atom is 0.344 e. The van der Waals surface area contributed by atoms with Crippen LogP contribution in [-0.2, 0) is 19.1 Å². The molecule has 1 saturated heterocycles. The van der Waals surface area contributed by atoms with Crippen LogP contribution in [0.15, 0.2) is 60.7 Å². The number of para-hydroxylation sites is 1. The fourth-order valence-electron chi connectivity index (χ4n) is 2.89. The van der Waals surface area contributed by atoms with E-state index in [-0.39, 0.29) is 12.5 Å². The lowest BCUT2D eigenvalue weighted by Crippen LogP contribution is -2.52. The number of carbonyl (C=O) groups is 2. The second kappa shape index (κ2) is 6.97. The van der Waals surface area contributed by atoms with Gasteiger partial charge in [-0.3, -0.25) is 0 Å². The van der Waals surface area contributed by atoms with E-state index in [4.69, 9.17) is 9.47 Å². The van der Waals surface area contributed by atoms with E-state index in [0.29, 0.717) is 5.69 Å². The Kier molecular flexibility index (Phi) is 4.74. The van der Waals surface area contributed by atoms with Gasteiger partial charge in [0.2, 0.25) is 5.54 Å². The van der Waals surface area contributed by atoms with Crippen LogP contribution in [-0.4, -0.2) is 23.6 Å². The first-order chi connectivity index (χ1) is 12.0. The minimum absolute atomic E-state index is 0.177. The van der Waals surface area contributed by atoms with Gasteiger partial charge in [0.25, 0.3) is 0 Å². The molecule has 0 saturated carbocycles. The van der Waals surface area contributed by atoms with E-state index >= 15 is 0 Å². The molecule has 0 aromatic heterocycles. The number of hydrogen-bond acceptors (Lipinski definition) is 5. The van der Waals surface area contributed by atoms with E-state index in [1.165, 1.54) is 0 Å². The Labute approximate surface area is 147 Å². The lowest BCUT2D eigenvalue weighted by Gasteiger charge is -2.26. The monoisotopic (exact) mass is 339 g/mol. The minimum Gasteiger partial charge on any atom is -0.461 e. The molecule has 2 atom stereocenters. The van der Waals surface area contributed by atoms with Gasteiger partial charge < -0.3 is 14.8 Å². The number of anilines is 1. The summed E-state index contributed by atoms with van der Waals surface area (Å²) >= 11 is 0. The maximum atomic E-state index is 12.8. The molecule has 0 bridgehead atoms. The highest BCUT2D eigenvalue weighted by Gasteiger charge is 2.57. The fourth-order valence-corrected chi connectivity index (χ4v) is 2.89. The number of benzene rings is 2. The number of hydrogen-bond donors (Lipinski definition) is 1. The summed E-state index contributed by atoms with van der Waals surface area (Å²) in [7, 11) is 0. The molecule has 1 heterocycles. The quantitative estimate of drug-likeness (QED) is 0.667. The Morgan fingerprint density at radius 2 is 1.72 bits per heavy atom. The predicted octanol–water partition coefficient (Wildman–Crippen LogP) is 3.48. The van der Waals surface area contributed by atoms with Gasteiger partial charge in [-0.25, -0.2) is 9.59 Å².